The molecule has 0 aromatic heterocycles. The third-order valence-electron chi connectivity index (χ3n) is 8.39. The zero-order chi connectivity index (χ0) is 29.2. The molecule has 0 fully saturated rings. The second kappa shape index (κ2) is 15.2. The molecule has 3 aromatic rings. The number of hydrogen-bond acceptors (Lipinski definition) is 0. The van der Waals surface area contributed by atoms with Gasteiger partial charge in [-0.15, -0.1) is 0 Å². The molecule has 0 saturated heterocycles. The molecular weight excluding hydrogens is 520 g/mol. The second-order valence-electron chi connectivity index (χ2n) is 11.3. The van der Waals surface area contributed by atoms with Crippen molar-refractivity contribution in [3.8, 4) is 22.3 Å². The average molecular weight is 563 g/mol. The Kier molecular flexibility index (Phi) is 11.4. The van der Waals surface area contributed by atoms with E-state index in [1.165, 1.54) is 19.3 Å². The molecule has 218 valence electrons. The van der Waals surface area contributed by atoms with Crippen molar-refractivity contribution in [3.63, 3.8) is 0 Å². The zero-order valence-corrected chi connectivity index (χ0v) is 24.4. The maximum absolute atomic E-state index is 15.2. The molecule has 0 spiro atoms. The number of rotatable bonds is 13. The standard InChI is InChI=1S/C37H42F4/c1-3-5-7-8-9-11-13-30-22-23-31(35(39)34(30)38)28-18-20-29(21-19-28)33-25-24-32(36(40)37(33)41)27-16-14-26(15-17-27)12-10-6-4-2/h4,6,16,18-26H,3,5,7-15,17H2,1-2H3/b6-4+. The van der Waals surface area contributed by atoms with Crippen molar-refractivity contribution in [2.45, 2.75) is 90.9 Å². The summed E-state index contributed by atoms with van der Waals surface area (Å²) in [6.07, 6.45) is 18.1. The van der Waals surface area contributed by atoms with Gasteiger partial charge in [-0.25, -0.2) is 17.6 Å². The van der Waals surface area contributed by atoms with Gasteiger partial charge in [-0.3, -0.25) is 0 Å². The number of halogens is 4. The van der Waals surface area contributed by atoms with Gasteiger partial charge in [0.25, 0.3) is 0 Å². The summed E-state index contributed by atoms with van der Waals surface area (Å²) in [6.45, 7) is 4.19. The molecule has 41 heavy (non-hydrogen) atoms. The number of unbranched alkanes of at least 4 members (excludes halogenated alkanes) is 5. The van der Waals surface area contributed by atoms with Crippen LogP contribution in [0.3, 0.4) is 0 Å². The Balaban J connectivity index is 1.44. The monoisotopic (exact) mass is 562 g/mol. The van der Waals surface area contributed by atoms with Gasteiger partial charge >= 0.3 is 0 Å². The molecule has 0 amide bonds. The first kappa shape index (κ1) is 30.8. The first-order valence-corrected chi connectivity index (χ1v) is 15.3. The Hall–Kier alpha value is -3.14. The minimum Gasteiger partial charge on any atom is -0.203 e. The third-order valence-corrected chi connectivity index (χ3v) is 8.39. The number of allylic oxidation sites excluding steroid dienone is 4. The van der Waals surface area contributed by atoms with Crippen molar-refractivity contribution in [1.29, 1.82) is 0 Å². The maximum Gasteiger partial charge on any atom is 0.167 e. The molecule has 1 atom stereocenters. The largest absolute Gasteiger partial charge is 0.203 e. The van der Waals surface area contributed by atoms with Crippen LogP contribution in [0.5, 0.6) is 0 Å². The summed E-state index contributed by atoms with van der Waals surface area (Å²) in [4.78, 5) is 0. The number of hydrogen-bond donors (Lipinski definition) is 0. The van der Waals surface area contributed by atoms with Gasteiger partial charge in [0.1, 0.15) is 0 Å². The van der Waals surface area contributed by atoms with Gasteiger partial charge in [-0.1, -0.05) is 106 Å². The van der Waals surface area contributed by atoms with Crippen molar-refractivity contribution < 1.29 is 17.6 Å². The van der Waals surface area contributed by atoms with Gasteiger partial charge in [0.2, 0.25) is 0 Å². The van der Waals surface area contributed by atoms with Crippen LogP contribution in [0.2, 0.25) is 0 Å². The molecule has 1 unspecified atom stereocenters. The fraction of sp³-hybridized carbons (Fsp3) is 0.405. The van der Waals surface area contributed by atoms with Crippen LogP contribution >= 0.6 is 0 Å². The molecule has 0 nitrogen and oxygen atoms in total. The molecule has 4 heteroatoms. The Morgan fingerprint density at radius 2 is 1.29 bits per heavy atom. The predicted octanol–water partition coefficient (Wildman–Crippen LogP) is 12.0. The quantitative estimate of drug-likeness (QED) is 0.110. The lowest BCUT2D eigenvalue weighted by Crippen LogP contribution is -2.07. The molecule has 1 aliphatic carbocycles. The van der Waals surface area contributed by atoms with Gasteiger partial charge < -0.3 is 0 Å². The van der Waals surface area contributed by atoms with E-state index in [0.29, 0.717) is 34.6 Å². The van der Waals surface area contributed by atoms with E-state index in [4.69, 9.17) is 0 Å². The van der Waals surface area contributed by atoms with Gasteiger partial charge in [0, 0.05) is 16.7 Å². The molecule has 0 aliphatic heterocycles. The van der Waals surface area contributed by atoms with Crippen molar-refractivity contribution >= 4 is 5.57 Å². The highest BCUT2D eigenvalue weighted by molar-refractivity contribution is 5.74. The number of benzene rings is 3. The summed E-state index contributed by atoms with van der Waals surface area (Å²) in [5, 5.41) is 0. The molecule has 1 aliphatic rings. The molecule has 0 radical (unpaired) electrons. The maximum atomic E-state index is 15.2. The lowest BCUT2D eigenvalue weighted by molar-refractivity contribution is 0.452. The second-order valence-corrected chi connectivity index (χ2v) is 11.3. The van der Waals surface area contributed by atoms with E-state index >= 15 is 8.78 Å². The fourth-order valence-corrected chi connectivity index (χ4v) is 5.84. The Bertz CT molecular complexity index is 1350. The van der Waals surface area contributed by atoms with Crippen LogP contribution in [0.4, 0.5) is 17.6 Å². The van der Waals surface area contributed by atoms with Crippen LogP contribution in [0.15, 0.2) is 66.8 Å². The van der Waals surface area contributed by atoms with E-state index < -0.39 is 23.3 Å². The van der Waals surface area contributed by atoms with Gasteiger partial charge in [-0.2, -0.15) is 0 Å². The van der Waals surface area contributed by atoms with Crippen LogP contribution in [0, 0.1) is 29.2 Å². The fourth-order valence-electron chi connectivity index (χ4n) is 5.84. The molecule has 3 aromatic carbocycles. The van der Waals surface area contributed by atoms with Crippen molar-refractivity contribution in [3.05, 3.63) is 101 Å². The van der Waals surface area contributed by atoms with E-state index in [9.17, 15) is 8.78 Å². The third kappa shape index (κ3) is 7.78. The van der Waals surface area contributed by atoms with Crippen molar-refractivity contribution in [2.75, 3.05) is 0 Å². The highest BCUT2D eigenvalue weighted by atomic mass is 19.2. The van der Waals surface area contributed by atoms with Crippen LogP contribution < -0.4 is 0 Å². The van der Waals surface area contributed by atoms with Crippen molar-refractivity contribution in [2.24, 2.45) is 5.92 Å². The molecule has 0 N–H and O–H groups in total. The summed E-state index contributed by atoms with van der Waals surface area (Å²) in [6, 6.07) is 13.0. The predicted molar refractivity (Wildman–Crippen MR) is 164 cm³/mol. The molecule has 0 saturated carbocycles. The lowest BCUT2D eigenvalue weighted by atomic mass is 9.83. The van der Waals surface area contributed by atoms with E-state index in [1.807, 2.05) is 6.92 Å². The van der Waals surface area contributed by atoms with Crippen LogP contribution in [-0.2, 0) is 6.42 Å². The minimum absolute atomic E-state index is 0.152. The summed E-state index contributed by atoms with van der Waals surface area (Å²) < 4.78 is 60.3. The Labute approximate surface area is 243 Å². The van der Waals surface area contributed by atoms with Crippen LogP contribution in [-0.4, -0.2) is 0 Å². The average Bonchev–Trinajstić information content (AvgIpc) is 2.99. The topological polar surface area (TPSA) is 0 Å². The number of aryl methyl sites for hydroxylation is 1. The Morgan fingerprint density at radius 3 is 1.93 bits per heavy atom. The normalized spacial score (nSPS) is 15.5. The van der Waals surface area contributed by atoms with E-state index in [1.54, 1.807) is 48.5 Å². The van der Waals surface area contributed by atoms with Gasteiger partial charge in [0.15, 0.2) is 23.3 Å². The molecular formula is C37H42F4. The summed E-state index contributed by atoms with van der Waals surface area (Å²) in [7, 11) is 0. The van der Waals surface area contributed by atoms with Gasteiger partial charge in [-0.05, 0) is 80.1 Å². The SMILES string of the molecule is C/C=C/CCC1CC=C(c2ccc(-c3ccc(-c4ccc(CCCCCCCC)c(F)c4F)cc3)c(F)c2F)CC1. The summed E-state index contributed by atoms with van der Waals surface area (Å²) in [5.41, 5.74) is 2.88. The van der Waals surface area contributed by atoms with Crippen LogP contribution in [0.1, 0.15) is 95.6 Å². The smallest absolute Gasteiger partial charge is 0.167 e. The summed E-state index contributed by atoms with van der Waals surface area (Å²) in [5.74, 6) is -2.81. The van der Waals surface area contributed by atoms with E-state index in [-0.39, 0.29) is 11.1 Å². The van der Waals surface area contributed by atoms with Crippen LogP contribution in [0.25, 0.3) is 27.8 Å². The highest BCUT2D eigenvalue weighted by Crippen LogP contribution is 2.37. The van der Waals surface area contributed by atoms with E-state index in [0.717, 1.165) is 56.9 Å². The summed E-state index contributed by atoms with van der Waals surface area (Å²) >= 11 is 0. The highest BCUT2D eigenvalue weighted by Gasteiger charge is 2.21. The van der Waals surface area contributed by atoms with E-state index in [2.05, 4.69) is 25.2 Å². The molecule has 0 bridgehead atoms. The first-order valence-electron chi connectivity index (χ1n) is 15.3. The minimum atomic E-state index is -0.886. The van der Waals surface area contributed by atoms with Gasteiger partial charge in [0.05, 0.1) is 0 Å². The Morgan fingerprint density at radius 1 is 0.707 bits per heavy atom. The van der Waals surface area contributed by atoms with Crippen molar-refractivity contribution in [1.82, 2.24) is 0 Å². The lowest BCUT2D eigenvalue weighted by Gasteiger charge is -2.22. The first-order chi connectivity index (χ1) is 19.9. The molecule has 0 heterocycles. The molecule has 4 rings (SSSR count). The zero-order valence-electron chi connectivity index (χ0n) is 24.4.